The Morgan fingerprint density at radius 1 is 1.16 bits per heavy atom. The Kier molecular flexibility index (Phi) is 5.53. The van der Waals surface area contributed by atoms with Crippen molar-refractivity contribution in [2.75, 3.05) is 7.11 Å². The third-order valence-electron chi connectivity index (χ3n) is 2.51. The molecule has 3 N–H and O–H groups in total. The van der Waals surface area contributed by atoms with Crippen LogP contribution in [0.25, 0.3) is 0 Å². The summed E-state index contributed by atoms with van der Waals surface area (Å²) in [6.07, 6.45) is 0.148. The Labute approximate surface area is 110 Å². The van der Waals surface area contributed by atoms with Crippen molar-refractivity contribution < 1.29 is 19.1 Å². The van der Waals surface area contributed by atoms with E-state index in [0.29, 0.717) is 12.1 Å². The molecule has 0 saturated heterocycles. The summed E-state index contributed by atoms with van der Waals surface area (Å²) in [5.74, 6) is -1.14. The fraction of sp³-hybridized carbons (Fsp3) is 0.308. The molecule has 1 rings (SSSR count). The van der Waals surface area contributed by atoms with Crippen LogP contribution >= 0.6 is 0 Å². The number of nitrogens with two attached hydrogens (primary N) is 1. The maximum Gasteiger partial charge on any atom is 0.306 e. The van der Waals surface area contributed by atoms with E-state index >= 15 is 0 Å². The third-order valence-corrected chi connectivity index (χ3v) is 2.51. The number of rotatable bonds is 6. The van der Waals surface area contributed by atoms with Crippen LogP contribution in [0.5, 0.6) is 0 Å². The normalized spacial score (nSPS) is 9.74. The zero-order chi connectivity index (χ0) is 14.3. The molecule has 0 fully saturated rings. The lowest BCUT2D eigenvalue weighted by Gasteiger charge is -2.05. The van der Waals surface area contributed by atoms with Crippen molar-refractivity contribution >= 4 is 17.8 Å². The average Bonchev–Trinajstić information content (AvgIpc) is 2.42. The number of primary amides is 1. The topological polar surface area (TPSA) is 98.5 Å². The number of carbonyl (C=O) groups excluding carboxylic acids is 3. The lowest BCUT2D eigenvalue weighted by molar-refractivity contribution is -0.142. The van der Waals surface area contributed by atoms with Crippen molar-refractivity contribution in [3.05, 3.63) is 35.4 Å². The summed E-state index contributed by atoms with van der Waals surface area (Å²) in [6.45, 7) is 0.332. The van der Waals surface area contributed by atoms with Crippen molar-refractivity contribution in [3.63, 3.8) is 0 Å². The maximum absolute atomic E-state index is 11.4. The zero-order valence-electron chi connectivity index (χ0n) is 10.6. The number of ether oxygens (including phenoxy) is 1. The van der Waals surface area contributed by atoms with Gasteiger partial charge in [0.05, 0.1) is 13.5 Å². The molecule has 0 aliphatic carbocycles. The standard InChI is InChI=1S/C13H16N2O4/c1-19-12(17)7-6-11(16)15-8-9-2-4-10(5-3-9)13(14)18/h2-5H,6-8H2,1H3,(H2,14,18)(H,15,16). The van der Waals surface area contributed by atoms with Crippen LogP contribution < -0.4 is 11.1 Å². The fourth-order valence-corrected chi connectivity index (χ4v) is 1.39. The molecule has 6 nitrogen and oxygen atoms in total. The molecule has 0 spiro atoms. The second-order valence-electron chi connectivity index (χ2n) is 3.91. The molecule has 0 atom stereocenters. The second-order valence-corrected chi connectivity index (χ2v) is 3.91. The summed E-state index contributed by atoms with van der Waals surface area (Å²) in [6, 6.07) is 6.61. The lowest BCUT2D eigenvalue weighted by atomic mass is 10.1. The van der Waals surface area contributed by atoms with E-state index in [-0.39, 0.29) is 18.7 Å². The molecule has 19 heavy (non-hydrogen) atoms. The van der Waals surface area contributed by atoms with Gasteiger partial charge in [-0.25, -0.2) is 0 Å². The first-order chi connectivity index (χ1) is 9.02. The zero-order valence-corrected chi connectivity index (χ0v) is 10.6. The summed E-state index contributed by atoms with van der Waals surface area (Å²) in [7, 11) is 1.28. The van der Waals surface area contributed by atoms with Gasteiger partial charge in [-0.2, -0.15) is 0 Å². The SMILES string of the molecule is COC(=O)CCC(=O)NCc1ccc(C(N)=O)cc1. The van der Waals surface area contributed by atoms with Crippen LogP contribution in [0.4, 0.5) is 0 Å². The van der Waals surface area contributed by atoms with Gasteiger partial charge < -0.3 is 15.8 Å². The van der Waals surface area contributed by atoms with E-state index in [9.17, 15) is 14.4 Å². The molecule has 2 amide bonds. The molecule has 1 aromatic carbocycles. The van der Waals surface area contributed by atoms with Gasteiger partial charge in [-0.3, -0.25) is 14.4 Å². The predicted molar refractivity (Wildman–Crippen MR) is 68.1 cm³/mol. The highest BCUT2D eigenvalue weighted by Crippen LogP contribution is 2.03. The Hall–Kier alpha value is -2.37. The van der Waals surface area contributed by atoms with Crippen LogP contribution in [0.15, 0.2) is 24.3 Å². The molecule has 0 heterocycles. The van der Waals surface area contributed by atoms with Crippen molar-refractivity contribution in [2.45, 2.75) is 19.4 Å². The summed E-state index contributed by atoms with van der Waals surface area (Å²) in [5.41, 5.74) is 6.38. The first-order valence-corrected chi connectivity index (χ1v) is 5.75. The molecule has 0 radical (unpaired) electrons. The Bertz CT molecular complexity index is 468. The number of methoxy groups -OCH3 is 1. The number of hydrogen-bond acceptors (Lipinski definition) is 4. The van der Waals surface area contributed by atoms with Crippen LogP contribution in [0, 0.1) is 0 Å². The molecular formula is C13H16N2O4. The summed E-state index contributed by atoms with van der Waals surface area (Å²) in [5, 5.41) is 2.66. The van der Waals surface area contributed by atoms with Gasteiger partial charge in [0.1, 0.15) is 0 Å². The van der Waals surface area contributed by atoms with Gasteiger partial charge in [-0.05, 0) is 17.7 Å². The first-order valence-electron chi connectivity index (χ1n) is 5.75. The minimum atomic E-state index is -0.492. The van der Waals surface area contributed by atoms with E-state index in [2.05, 4.69) is 10.1 Å². The maximum atomic E-state index is 11.4. The van der Waals surface area contributed by atoms with Crippen molar-refractivity contribution in [2.24, 2.45) is 5.73 Å². The molecule has 0 aromatic heterocycles. The number of esters is 1. The van der Waals surface area contributed by atoms with Gasteiger partial charge >= 0.3 is 5.97 Å². The largest absolute Gasteiger partial charge is 0.469 e. The summed E-state index contributed by atoms with van der Waals surface area (Å²) in [4.78, 5) is 33.1. The molecule has 6 heteroatoms. The number of amides is 2. The molecule has 0 unspecified atom stereocenters. The van der Waals surface area contributed by atoms with Crippen LogP contribution in [-0.2, 0) is 20.9 Å². The van der Waals surface area contributed by atoms with Crippen LogP contribution in [-0.4, -0.2) is 24.9 Å². The Balaban J connectivity index is 2.37. The fourth-order valence-electron chi connectivity index (χ4n) is 1.39. The Morgan fingerprint density at radius 3 is 2.32 bits per heavy atom. The monoisotopic (exact) mass is 264 g/mol. The van der Waals surface area contributed by atoms with Crippen molar-refractivity contribution in [1.29, 1.82) is 0 Å². The number of benzene rings is 1. The number of carbonyl (C=O) groups is 3. The van der Waals surface area contributed by atoms with Gasteiger partial charge in [0, 0.05) is 18.5 Å². The van der Waals surface area contributed by atoms with Gasteiger partial charge in [-0.15, -0.1) is 0 Å². The minimum absolute atomic E-state index is 0.0585. The Morgan fingerprint density at radius 2 is 1.79 bits per heavy atom. The van der Waals surface area contributed by atoms with Crippen molar-refractivity contribution in [1.82, 2.24) is 5.32 Å². The van der Waals surface area contributed by atoms with Gasteiger partial charge in [0.2, 0.25) is 11.8 Å². The smallest absolute Gasteiger partial charge is 0.306 e. The highest BCUT2D eigenvalue weighted by Gasteiger charge is 2.06. The van der Waals surface area contributed by atoms with Crippen molar-refractivity contribution in [3.8, 4) is 0 Å². The molecule has 0 bridgehead atoms. The molecule has 0 saturated carbocycles. The quantitative estimate of drug-likeness (QED) is 0.724. The number of hydrogen-bond donors (Lipinski definition) is 2. The molecule has 0 aliphatic heterocycles. The predicted octanol–water partition coefficient (Wildman–Crippen LogP) is 0.355. The van der Waals surface area contributed by atoms with E-state index < -0.39 is 11.9 Å². The molecule has 1 aromatic rings. The van der Waals surface area contributed by atoms with E-state index in [4.69, 9.17) is 5.73 Å². The first kappa shape index (κ1) is 14.7. The van der Waals surface area contributed by atoms with Gasteiger partial charge in [-0.1, -0.05) is 12.1 Å². The highest BCUT2D eigenvalue weighted by molar-refractivity contribution is 5.92. The molecule has 102 valence electrons. The lowest BCUT2D eigenvalue weighted by Crippen LogP contribution is -2.23. The number of nitrogens with one attached hydrogen (secondary N) is 1. The van der Waals surface area contributed by atoms with Gasteiger partial charge in [0.25, 0.3) is 0 Å². The average molecular weight is 264 g/mol. The highest BCUT2D eigenvalue weighted by atomic mass is 16.5. The van der Waals surface area contributed by atoms with Crippen LogP contribution in [0.3, 0.4) is 0 Å². The van der Waals surface area contributed by atoms with Crippen LogP contribution in [0.1, 0.15) is 28.8 Å². The third kappa shape index (κ3) is 5.20. The summed E-state index contributed by atoms with van der Waals surface area (Å²) >= 11 is 0. The minimum Gasteiger partial charge on any atom is -0.469 e. The van der Waals surface area contributed by atoms with Crippen LogP contribution in [0.2, 0.25) is 0 Å². The second kappa shape index (κ2) is 7.15. The van der Waals surface area contributed by atoms with Gasteiger partial charge in [0.15, 0.2) is 0 Å². The van der Waals surface area contributed by atoms with E-state index in [1.54, 1.807) is 24.3 Å². The van der Waals surface area contributed by atoms with E-state index in [1.807, 2.05) is 0 Å². The van der Waals surface area contributed by atoms with E-state index in [0.717, 1.165) is 5.56 Å². The molecular weight excluding hydrogens is 248 g/mol. The summed E-state index contributed by atoms with van der Waals surface area (Å²) < 4.78 is 4.44. The molecule has 0 aliphatic rings. The van der Waals surface area contributed by atoms with E-state index in [1.165, 1.54) is 7.11 Å².